The zero-order valence-corrected chi connectivity index (χ0v) is 12.7. The SMILES string of the molecule is Cn1ccc2c1C1(CCN(C(C)(C)C)CC1)[C@H](N)C2. The van der Waals surface area contributed by atoms with Crippen LogP contribution in [0.5, 0.6) is 0 Å². The number of likely N-dealkylation sites (tertiary alicyclic amines) is 1. The molecule has 1 aliphatic heterocycles. The van der Waals surface area contributed by atoms with E-state index in [4.69, 9.17) is 5.73 Å². The van der Waals surface area contributed by atoms with Gasteiger partial charge >= 0.3 is 0 Å². The number of hydrogen-bond donors (Lipinski definition) is 1. The van der Waals surface area contributed by atoms with Gasteiger partial charge in [-0.15, -0.1) is 0 Å². The van der Waals surface area contributed by atoms with Crippen LogP contribution in [0.15, 0.2) is 12.3 Å². The second-order valence-electron chi connectivity index (χ2n) is 7.43. The molecule has 3 heteroatoms. The summed E-state index contributed by atoms with van der Waals surface area (Å²) in [7, 11) is 2.18. The topological polar surface area (TPSA) is 34.2 Å². The lowest BCUT2D eigenvalue weighted by molar-refractivity contribution is 0.0667. The minimum absolute atomic E-state index is 0.231. The number of aryl methyl sites for hydroxylation is 1. The van der Waals surface area contributed by atoms with Gasteiger partial charge in [-0.1, -0.05) is 0 Å². The van der Waals surface area contributed by atoms with Gasteiger partial charge in [0.05, 0.1) is 0 Å². The van der Waals surface area contributed by atoms with Crippen molar-refractivity contribution in [2.24, 2.45) is 12.8 Å². The predicted octanol–water partition coefficient (Wildman–Crippen LogP) is 2.04. The molecule has 106 valence electrons. The van der Waals surface area contributed by atoms with E-state index in [1.54, 1.807) is 0 Å². The van der Waals surface area contributed by atoms with Crippen LogP contribution in [0.1, 0.15) is 44.9 Å². The Morgan fingerprint density at radius 2 is 1.89 bits per heavy atom. The Balaban J connectivity index is 1.88. The van der Waals surface area contributed by atoms with Crippen molar-refractivity contribution in [3.63, 3.8) is 0 Å². The van der Waals surface area contributed by atoms with E-state index in [-0.39, 0.29) is 11.0 Å². The van der Waals surface area contributed by atoms with Crippen LogP contribution in [0, 0.1) is 0 Å². The zero-order chi connectivity index (χ0) is 13.8. The lowest BCUT2D eigenvalue weighted by Crippen LogP contribution is -2.55. The summed E-state index contributed by atoms with van der Waals surface area (Å²) in [5.74, 6) is 0. The molecule has 0 saturated carbocycles. The molecule has 1 aromatic heterocycles. The van der Waals surface area contributed by atoms with E-state index < -0.39 is 0 Å². The van der Waals surface area contributed by atoms with Crippen molar-refractivity contribution in [1.29, 1.82) is 0 Å². The molecule has 2 N–H and O–H groups in total. The third kappa shape index (κ3) is 1.86. The summed E-state index contributed by atoms with van der Waals surface area (Å²) >= 11 is 0. The molecule has 1 aliphatic carbocycles. The van der Waals surface area contributed by atoms with Crippen LogP contribution in [0.4, 0.5) is 0 Å². The summed E-state index contributed by atoms with van der Waals surface area (Å²) < 4.78 is 2.31. The highest BCUT2D eigenvalue weighted by molar-refractivity contribution is 5.39. The van der Waals surface area contributed by atoms with Gasteiger partial charge in [0, 0.05) is 35.9 Å². The third-order valence-corrected chi connectivity index (χ3v) is 5.38. The molecule has 1 saturated heterocycles. The quantitative estimate of drug-likeness (QED) is 0.775. The molecular formula is C16H27N3. The fraction of sp³-hybridized carbons (Fsp3) is 0.750. The summed E-state index contributed by atoms with van der Waals surface area (Å²) in [6.07, 6.45) is 5.67. The lowest BCUT2D eigenvalue weighted by atomic mass is 9.72. The van der Waals surface area contributed by atoms with Gasteiger partial charge in [0.2, 0.25) is 0 Å². The summed E-state index contributed by atoms with van der Waals surface area (Å²) in [5, 5.41) is 0. The van der Waals surface area contributed by atoms with Gasteiger partial charge in [0.25, 0.3) is 0 Å². The van der Waals surface area contributed by atoms with Crippen LogP contribution in [0.3, 0.4) is 0 Å². The monoisotopic (exact) mass is 261 g/mol. The van der Waals surface area contributed by atoms with Crippen molar-refractivity contribution in [3.8, 4) is 0 Å². The number of fused-ring (bicyclic) bond motifs is 2. The van der Waals surface area contributed by atoms with E-state index in [9.17, 15) is 0 Å². The van der Waals surface area contributed by atoms with Crippen molar-refractivity contribution in [2.75, 3.05) is 13.1 Å². The van der Waals surface area contributed by atoms with Crippen LogP contribution < -0.4 is 5.73 Å². The van der Waals surface area contributed by atoms with Crippen molar-refractivity contribution >= 4 is 0 Å². The molecule has 2 aliphatic rings. The van der Waals surface area contributed by atoms with Gasteiger partial charge in [0.15, 0.2) is 0 Å². The van der Waals surface area contributed by atoms with Gasteiger partial charge in [-0.2, -0.15) is 0 Å². The highest BCUT2D eigenvalue weighted by Gasteiger charge is 2.49. The number of nitrogens with zero attached hydrogens (tertiary/aromatic N) is 2. The normalized spacial score (nSPS) is 26.9. The first-order valence-corrected chi connectivity index (χ1v) is 7.50. The summed E-state index contributed by atoms with van der Waals surface area (Å²) in [6.45, 7) is 9.28. The summed E-state index contributed by atoms with van der Waals surface area (Å²) in [6, 6.07) is 2.58. The Morgan fingerprint density at radius 3 is 2.47 bits per heavy atom. The minimum atomic E-state index is 0.231. The number of nitrogens with two attached hydrogens (primary N) is 1. The van der Waals surface area contributed by atoms with Crippen molar-refractivity contribution in [1.82, 2.24) is 9.47 Å². The Hall–Kier alpha value is -0.800. The fourth-order valence-electron chi connectivity index (χ4n) is 4.21. The minimum Gasteiger partial charge on any atom is -0.354 e. The second-order valence-corrected chi connectivity index (χ2v) is 7.43. The first-order valence-electron chi connectivity index (χ1n) is 7.50. The van der Waals surface area contributed by atoms with Gasteiger partial charge in [-0.05, 0) is 64.8 Å². The summed E-state index contributed by atoms with van der Waals surface area (Å²) in [4.78, 5) is 2.60. The molecule has 19 heavy (non-hydrogen) atoms. The first-order chi connectivity index (χ1) is 8.84. The smallest absolute Gasteiger partial charge is 0.0287 e. The van der Waals surface area contributed by atoms with Gasteiger partial charge < -0.3 is 10.3 Å². The molecular weight excluding hydrogens is 234 g/mol. The zero-order valence-electron chi connectivity index (χ0n) is 12.7. The van der Waals surface area contributed by atoms with Gasteiger partial charge in [0.1, 0.15) is 0 Å². The Kier molecular flexibility index (Phi) is 2.84. The molecule has 0 amide bonds. The van der Waals surface area contributed by atoms with E-state index in [0.717, 1.165) is 6.42 Å². The molecule has 1 fully saturated rings. The molecule has 3 nitrogen and oxygen atoms in total. The molecule has 0 aromatic carbocycles. The Bertz CT molecular complexity index is 473. The third-order valence-electron chi connectivity index (χ3n) is 5.38. The van der Waals surface area contributed by atoms with E-state index in [0.29, 0.717) is 6.04 Å². The van der Waals surface area contributed by atoms with E-state index >= 15 is 0 Å². The van der Waals surface area contributed by atoms with Crippen LogP contribution in [0.25, 0.3) is 0 Å². The Morgan fingerprint density at radius 1 is 1.26 bits per heavy atom. The van der Waals surface area contributed by atoms with Crippen LogP contribution in [-0.4, -0.2) is 34.1 Å². The highest BCUT2D eigenvalue weighted by Crippen LogP contribution is 2.46. The average molecular weight is 261 g/mol. The number of piperidine rings is 1. The maximum absolute atomic E-state index is 6.53. The molecule has 0 bridgehead atoms. The number of aromatic nitrogens is 1. The lowest BCUT2D eigenvalue weighted by Gasteiger charge is -2.47. The highest BCUT2D eigenvalue weighted by atomic mass is 15.2. The first kappa shape index (κ1) is 13.2. The molecule has 3 rings (SSSR count). The molecule has 1 spiro atoms. The second kappa shape index (κ2) is 4.10. The van der Waals surface area contributed by atoms with Crippen molar-refractivity contribution in [3.05, 3.63) is 23.5 Å². The predicted molar refractivity (Wildman–Crippen MR) is 79.3 cm³/mol. The Labute approximate surface area is 116 Å². The maximum atomic E-state index is 6.53. The fourth-order valence-corrected chi connectivity index (χ4v) is 4.21. The maximum Gasteiger partial charge on any atom is 0.0287 e. The van der Waals surface area contributed by atoms with Crippen molar-refractivity contribution < 1.29 is 0 Å². The standard InChI is InChI=1S/C16H27N3/c1-15(2,3)19-9-6-16(7-10-19)13(17)11-12-5-8-18(4)14(12)16/h5,8,13H,6-7,9-11,17H2,1-4H3/t13-/m1/s1. The van der Waals surface area contributed by atoms with Crippen LogP contribution >= 0.6 is 0 Å². The van der Waals surface area contributed by atoms with Gasteiger partial charge in [-0.25, -0.2) is 0 Å². The average Bonchev–Trinajstić information content (AvgIpc) is 2.81. The number of rotatable bonds is 0. The van der Waals surface area contributed by atoms with Crippen LogP contribution in [0.2, 0.25) is 0 Å². The molecule has 1 aromatic rings. The van der Waals surface area contributed by atoms with E-state index in [1.807, 2.05) is 0 Å². The van der Waals surface area contributed by atoms with Gasteiger partial charge in [-0.3, -0.25) is 4.90 Å². The van der Waals surface area contributed by atoms with E-state index in [2.05, 4.69) is 49.5 Å². The molecule has 0 radical (unpaired) electrons. The molecule has 2 heterocycles. The molecule has 0 unspecified atom stereocenters. The number of hydrogen-bond acceptors (Lipinski definition) is 2. The van der Waals surface area contributed by atoms with E-state index in [1.165, 1.54) is 37.2 Å². The van der Waals surface area contributed by atoms with Crippen molar-refractivity contribution in [2.45, 2.75) is 57.0 Å². The van der Waals surface area contributed by atoms with Crippen LogP contribution in [-0.2, 0) is 18.9 Å². The molecule has 1 atom stereocenters. The largest absolute Gasteiger partial charge is 0.354 e. The summed E-state index contributed by atoms with van der Waals surface area (Å²) in [5.41, 5.74) is 10.0.